The molecule has 2 rings (SSSR count). The van der Waals surface area contributed by atoms with Crippen LogP contribution in [0.2, 0.25) is 0 Å². The van der Waals surface area contributed by atoms with E-state index in [0.717, 1.165) is 24.3 Å². The molecule has 4 heteroatoms. The van der Waals surface area contributed by atoms with Crippen molar-refractivity contribution >= 4 is 5.69 Å². The molecule has 0 amide bonds. The Morgan fingerprint density at radius 3 is 2.78 bits per heavy atom. The van der Waals surface area contributed by atoms with Gasteiger partial charge < -0.3 is 20.5 Å². The van der Waals surface area contributed by atoms with Gasteiger partial charge in [-0.05, 0) is 37.5 Å². The molecule has 0 unspecified atom stereocenters. The van der Waals surface area contributed by atoms with Gasteiger partial charge in [-0.3, -0.25) is 0 Å². The summed E-state index contributed by atoms with van der Waals surface area (Å²) in [6, 6.07) is 7.04. The number of methoxy groups -OCH3 is 1. The summed E-state index contributed by atoms with van der Waals surface area (Å²) in [4.78, 5) is 0. The maximum Gasteiger partial charge on any atom is 0.142 e. The van der Waals surface area contributed by atoms with Gasteiger partial charge in [-0.1, -0.05) is 6.07 Å². The third-order valence-corrected chi connectivity index (χ3v) is 3.22. The van der Waals surface area contributed by atoms with Gasteiger partial charge in [0.05, 0.1) is 12.3 Å². The number of ether oxygens (including phenoxy) is 2. The van der Waals surface area contributed by atoms with Crippen LogP contribution in [0.15, 0.2) is 18.2 Å². The fourth-order valence-corrected chi connectivity index (χ4v) is 2.10. The number of hydrogen-bond acceptors (Lipinski definition) is 4. The zero-order valence-corrected chi connectivity index (χ0v) is 11.1. The summed E-state index contributed by atoms with van der Waals surface area (Å²) in [7, 11) is 1.68. The van der Waals surface area contributed by atoms with Gasteiger partial charge in [-0.2, -0.15) is 0 Å². The molecule has 1 aliphatic rings. The monoisotopic (exact) mass is 250 g/mol. The van der Waals surface area contributed by atoms with Crippen molar-refractivity contribution in [2.75, 3.05) is 25.6 Å². The third-order valence-electron chi connectivity index (χ3n) is 3.22. The molecule has 0 radical (unpaired) electrons. The molecule has 3 N–H and O–H groups in total. The lowest BCUT2D eigenvalue weighted by atomic mass is 9.87. The van der Waals surface area contributed by atoms with Crippen LogP contribution in [-0.2, 0) is 4.74 Å². The zero-order valence-electron chi connectivity index (χ0n) is 11.1. The summed E-state index contributed by atoms with van der Waals surface area (Å²) in [6.07, 6.45) is 2.07. The SMILES string of the molecule is COCCOc1cc(C)ccc1NC1CC(N)C1. The molecule has 1 aromatic rings. The van der Waals surface area contributed by atoms with E-state index in [9.17, 15) is 0 Å². The first-order chi connectivity index (χ1) is 8.69. The molecule has 0 saturated heterocycles. The summed E-state index contributed by atoms with van der Waals surface area (Å²) in [5, 5.41) is 3.49. The molecule has 0 aromatic heterocycles. The van der Waals surface area contributed by atoms with E-state index in [2.05, 4.69) is 30.4 Å². The summed E-state index contributed by atoms with van der Waals surface area (Å²) in [5.41, 5.74) is 8.04. The van der Waals surface area contributed by atoms with Gasteiger partial charge in [-0.15, -0.1) is 0 Å². The highest BCUT2D eigenvalue weighted by Crippen LogP contribution is 2.30. The van der Waals surface area contributed by atoms with Crippen LogP contribution in [0.25, 0.3) is 0 Å². The minimum atomic E-state index is 0.353. The van der Waals surface area contributed by atoms with Crippen molar-refractivity contribution in [1.29, 1.82) is 0 Å². The van der Waals surface area contributed by atoms with E-state index in [1.807, 2.05) is 0 Å². The van der Waals surface area contributed by atoms with Crippen molar-refractivity contribution in [3.8, 4) is 5.75 Å². The lowest BCUT2D eigenvalue weighted by molar-refractivity contribution is 0.146. The lowest BCUT2D eigenvalue weighted by Gasteiger charge is -2.34. The largest absolute Gasteiger partial charge is 0.489 e. The summed E-state index contributed by atoms with van der Waals surface area (Å²) >= 11 is 0. The van der Waals surface area contributed by atoms with Gasteiger partial charge >= 0.3 is 0 Å². The number of aryl methyl sites for hydroxylation is 1. The molecule has 1 aromatic carbocycles. The van der Waals surface area contributed by atoms with E-state index in [1.165, 1.54) is 5.56 Å². The van der Waals surface area contributed by atoms with Crippen molar-refractivity contribution in [2.24, 2.45) is 5.73 Å². The van der Waals surface area contributed by atoms with Crippen LogP contribution in [0.4, 0.5) is 5.69 Å². The average Bonchev–Trinajstić information content (AvgIpc) is 2.30. The second kappa shape index (κ2) is 6.07. The van der Waals surface area contributed by atoms with Crippen LogP contribution in [0.5, 0.6) is 5.75 Å². The second-order valence-corrected chi connectivity index (χ2v) is 4.91. The predicted molar refractivity (Wildman–Crippen MR) is 73.2 cm³/mol. The average molecular weight is 250 g/mol. The standard InChI is InChI=1S/C14H22N2O2/c1-10-3-4-13(16-12-8-11(15)9-12)14(7-10)18-6-5-17-2/h3-4,7,11-12,16H,5-6,8-9,15H2,1-2H3. The highest BCUT2D eigenvalue weighted by Gasteiger charge is 2.26. The zero-order chi connectivity index (χ0) is 13.0. The van der Waals surface area contributed by atoms with Crippen molar-refractivity contribution < 1.29 is 9.47 Å². The van der Waals surface area contributed by atoms with Crippen LogP contribution in [0, 0.1) is 6.92 Å². The molecule has 0 heterocycles. The summed E-state index contributed by atoms with van der Waals surface area (Å²) in [6.45, 7) is 3.23. The molecule has 18 heavy (non-hydrogen) atoms. The Morgan fingerprint density at radius 2 is 2.11 bits per heavy atom. The van der Waals surface area contributed by atoms with Crippen molar-refractivity contribution in [3.63, 3.8) is 0 Å². The van der Waals surface area contributed by atoms with Crippen LogP contribution in [0.3, 0.4) is 0 Å². The first kappa shape index (κ1) is 13.2. The van der Waals surface area contributed by atoms with E-state index in [1.54, 1.807) is 7.11 Å². The molecule has 0 aliphatic heterocycles. The van der Waals surface area contributed by atoms with Crippen LogP contribution < -0.4 is 15.8 Å². The fourth-order valence-electron chi connectivity index (χ4n) is 2.10. The van der Waals surface area contributed by atoms with E-state index >= 15 is 0 Å². The van der Waals surface area contributed by atoms with Gasteiger partial charge in [0.25, 0.3) is 0 Å². The van der Waals surface area contributed by atoms with Gasteiger partial charge in [0.2, 0.25) is 0 Å². The Hall–Kier alpha value is -1.26. The number of nitrogens with two attached hydrogens (primary N) is 1. The number of anilines is 1. The van der Waals surface area contributed by atoms with Gasteiger partial charge in [0.1, 0.15) is 12.4 Å². The van der Waals surface area contributed by atoms with Crippen molar-refractivity contribution in [2.45, 2.75) is 31.8 Å². The van der Waals surface area contributed by atoms with Gasteiger partial charge in [0.15, 0.2) is 0 Å². The van der Waals surface area contributed by atoms with E-state index in [-0.39, 0.29) is 0 Å². The van der Waals surface area contributed by atoms with Gasteiger partial charge in [0, 0.05) is 19.2 Å². The molecule has 4 nitrogen and oxygen atoms in total. The van der Waals surface area contributed by atoms with Gasteiger partial charge in [-0.25, -0.2) is 0 Å². The van der Waals surface area contributed by atoms with Crippen LogP contribution in [-0.4, -0.2) is 32.4 Å². The molecule has 1 aliphatic carbocycles. The molecular formula is C14H22N2O2. The Kier molecular flexibility index (Phi) is 4.44. The maximum atomic E-state index is 5.80. The number of hydrogen-bond donors (Lipinski definition) is 2. The second-order valence-electron chi connectivity index (χ2n) is 4.91. The molecule has 0 atom stereocenters. The number of rotatable bonds is 6. The minimum absolute atomic E-state index is 0.353. The normalized spacial score (nSPS) is 22.4. The van der Waals surface area contributed by atoms with E-state index < -0.39 is 0 Å². The molecular weight excluding hydrogens is 228 g/mol. The molecule has 100 valence electrons. The lowest BCUT2D eigenvalue weighted by Crippen LogP contribution is -2.44. The van der Waals surface area contributed by atoms with E-state index in [4.69, 9.17) is 15.2 Å². The first-order valence-corrected chi connectivity index (χ1v) is 6.43. The smallest absolute Gasteiger partial charge is 0.142 e. The Balaban J connectivity index is 1.98. The van der Waals surface area contributed by atoms with Crippen LogP contribution in [0.1, 0.15) is 18.4 Å². The van der Waals surface area contributed by atoms with Crippen molar-refractivity contribution in [1.82, 2.24) is 0 Å². The quantitative estimate of drug-likeness (QED) is 0.757. The maximum absolute atomic E-state index is 5.80. The topological polar surface area (TPSA) is 56.5 Å². The highest BCUT2D eigenvalue weighted by atomic mass is 16.5. The summed E-state index contributed by atoms with van der Waals surface area (Å²) < 4.78 is 10.7. The highest BCUT2D eigenvalue weighted by molar-refractivity contribution is 5.58. The third kappa shape index (κ3) is 3.37. The summed E-state index contributed by atoms with van der Waals surface area (Å²) in [5.74, 6) is 0.896. The first-order valence-electron chi connectivity index (χ1n) is 6.43. The minimum Gasteiger partial charge on any atom is -0.489 e. The fraction of sp³-hybridized carbons (Fsp3) is 0.571. The Morgan fingerprint density at radius 1 is 1.33 bits per heavy atom. The number of nitrogens with one attached hydrogen (secondary N) is 1. The Bertz CT molecular complexity index is 389. The number of benzene rings is 1. The molecule has 1 saturated carbocycles. The molecule has 0 spiro atoms. The van der Waals surface area contributed by atoms with Crippen LogP contribution >= 0.6 is 0 Å². The van der Waals surface area contributed by atoms with Crippen molar-refractivity contribution in [3.05, 3.63) is 23.8 Å². The van der Waals surface area contributed by atoms with E-state index in [0.29, 0.717) is 25.3 Å². The molecule has 0 bridgehead atoms. The predicted octanol–water partition coefficient (Wildman–Crippen LogP) is 1.92. The Labute approximate surface area is 108 Å². The molecule has 1 fully saturated rings.